The molecule has 3 N–H and O–H groups in total. The molecule has 3 aromatic rings. The minimum absolute atomic E-state index is 0.00183. The van der Waals surface area contributed by atoms with Crippen molar-refractivity contribution in [1.29, 1.82) is 0 Å². The van der Waals surface area contributed by atoms with Crippen LogP contribution in [0.2, 0.25) is 5.02 Å². The maximum absolute atomic E-state index is 14.3. The fraction of sp³-hybridized carbons (Fsp3) is 0.467. The van der Waals surface area contributed by atoms with Crippen molar-refractivity contribution in [2.24, 2.45) is 5.41 Å². The number of benzene rings is 2. The molecule has 0 unspecified atom stereocenters. The Hall–Kier alpha value is -3.70. The quantitative estimate of drug-likeness (QED) is 0.286. The van der Waals surface area contributed by atoms with E-state index in [9.17, 15) is 14.0 Å². The first kappa shape index (κ1) is 29.8. The van der Waals surface area contributed by atoms with Gasteiger partial charge in [-0.3, -0.25) is 4.79 Å². The number of likely N-dealkylation sites (N-methyl/N-ethyl adjacent to an activating group) is 1. The minimum atomic E-state index is -0.648. The third-order valence-electron chi connectivity index (χ3n) is 8.34. The number of hydrogen-bond acceptors (Lipinski definition) is 8. The third-order valence-corrected chi connectivity index (χ3v) is 8.83. The zero-order chi connectivity index (χ0) is 30.0. The van der Waals surface area contributed by atoms with Crippen LogP contribution in [0.25, 0.3) is 5.69 Å². The Balaban J connectivity index is 1.40. The van der Waals surface area contributed by atoms with E-state index in [1.54, 1.807) is 6.07 Å². The van der Waals surface area contributed by atoms with Gasteiger partial charge in [0.1, 0.15) is 0 Å². The van der Waals surface area contributed by atoms with Crippen LogP contribution in [0.4, 0.5) is 21.5 Å². The van der Waals surface area contributed by atoms with Crippen LogP contribution in [0.5, 0.6) is 0 Å². The number of carbonyl (C=O) groups is 2. The molecule has 2 aromatic carbocycles. The van der Waals surface area contributed by atoms with Gasteiger partial charge in [-0.2, -0.15) is 0 Å². The Kier molecular flexibility index (Phi) is 8.70. The maximum Gasteiger partial charge on any atom is 0.360 e. The topological polar surface area (TPSA) is 119 Å². The third kappa shape index (κ3) is 6.37. The first-order chi connectivity index (χ1) is 20.0. The summed E-state index contributed by atoms with van der Waals surface area (Å²) in [5.74, 6) is -1.69. The predicted molar refractivity (Wildman–Crippen MR) is 161 cm³/mol. The van der Waals surface area contributed by atoms with Crippen LogP contribution in [0, 0.1) is 18.2 Å². The number of nitrogens with one attached hydrogen (secondary N) is 1. The first-order valence-corrected chi connectivity index (χ1v) is 14.7. The number of halogens is 2. The summed E-state index contributed by atoms with van der Waals surface area (Å²) in [7, 11) is 2.06. The van der Waals surface area contributed by atoms with Gasteiger partial charge < -0.3 is 25.6 Å². The number of carbonyl (C=O) groups excluding carboxylic acids is 2. The molecule has 2 fully saturated rings. The van der Waals surface area contributed by atoms with E-state index in [-0.39, 0.29) is 32.9 Å². The molecule has 0 spiro atoms. The summed E-state index contributed by atoms with van der Waals surface area (Å²) in [6.45, 7) is 7.24. The normalized spacial score (nSPS) is 17.2. The highest BCUT2D eigenvalue weighted by molar-refractivity contribution is 6.35. The molecule has 1 aliphatic heterocycles. The molecule has 2 aliphatic rings. The second-order valence-electron chi connectivity index (χ2n) is 11.7. The van der Waals surface area contributed by atoms with Crippen molar-refractivity contribution < 1.29 is 18.7 Å². The number of nitrogen functional groups attached to an aromatic ring is 1. The molecular weight excluding hydrogens is 561 g/mol. The number of ether oxygens (including phenoxy) is 1. The Morgan fingerprint density at radius 3 is 2.57 bits per heavy atom. The summed E-state index contributed by atoms with van der Waals surface area (Å²) < 4.78 is 21.3. The van der Waals surface area contributed by atoms with Crippen molar-refractivity contribution in [3.05, 3.63) is 58.1 Å². The standard InChI is InChI=1S/C30H37ClFN7O3/c1-19-26(31)21(16-22(33)27(19)32)28(40)34-23-15-20(7-8-25(23)38-13-11-37(3)12-14-38)39-17-24(35-36-39)29(41)42-18-30(2)9-5-4-6-10-30/h7-8,15-17H,4-6,9-14,18,33H2,1-3H3,(H,34,40). The molecule has 224 valence electrons. The summed E-state index contributed by atoms with van der Waals surface area (Å²) in [5.41, 5.74) is 7.80. The molecule has 0 atom stereocenters. The molecular formula is C30H37ClFN7O3. The van der Waals surface area contributed by atoms with Crippen LogP contribution < -0.4 is 16.0 Å². The molecule has 2 heterocycles. The lowest BCUT2D eigenvalue weighted by atomic mass is 9.76. The first-order valence-electron chi connectivity index (χ1n) is 14.3. The van der Waals surface area contributed by atoms with Crippen LogP contribution in [0.3, 0.4) is 0 Å². The van der Waals surface area contributed by atoms with Gasteiger partial charge in [-0.05, 0) is 51.1 Å². The largest absolute Gasteiger partial charge is 0.460 e. The summed E-state index contributed by atoms with van der Waals surface area (Å²) in [6.07, 6.45) is 7.11. The Morgan fingerprint density at radius 1 is 1.14 bits per heavy atom. The smallest absolute Gasteiger partial charge is 0.360 e. The van der Waals surface area contributed by atoms with Crippen LogP contribution in [0.1, 0.15) is 65.4 Å². The summed E-state index contributed by atoms with van der Waals surface area (Å²) in [5, 5.41) is 11.1. The van der Waals surface area contributed by atoms with Crippen molar-refractivity contribution in [3.8, 4) is 5.69 Å². The summed E-state index contributed by atoms with van der Waals surface area (Å²) in [4.78, 5) is 30.6. The van der Waals surface area contributed by atoms with Gasteiger partial charge in [-0.1, -0.05) is 43.0 Å². The number of rotatable bonds is 7. The molecule has 0 radical (unpaired) electrons. The van der Waals surface area contributed by atoms with E-state index in [4.69, 9.17) is 22.1 Å². The molecule has 1 saturated carbocycles. The van der Waals surface area contributed by atoms with Gasteiger partial charge in [0, 0.05) is 37.2 Å². The van der Waals surface area contributed by atoms with E-state index in [0.29, 0.717) is 18.0 Å². The lowest BCUT2D eigenvalue weighted by Gasteiger charge is -2.35. The Morgan fingerprint density at radius 2 is 1.86 bits per heavy atom. The van der Waals surface area contributed by atoms with E-state index < -0.39 is 17.7 Å². The highest BCUT2D eigenvalue weighted by Crippen LogP contribution is 2.36. The fourth-order valence-corrected chi connectivity index (χ4v) is 5.81. The molecule has 1 amide bonds. The van der Waals surface area contributed by atoms with Crippen LogP contribution in [-0.2, 0) is 4.74 Å². The highest BCUT2D eigenvalue weighted by Gasteiger charge is 2.29. The van der Waals surface area contributed by atoms with Gasteiger partial charge in [0.25, 0.3) is 5.91 Å². The fourth-order valence-electron chi connectivity index (χ4n) is 5.59. The number of anilines is 3. The Labute approximate surface area is 249 Å². The van der Waals surface area contributed by atoms with Crippen molar-refractivity contribution in [2.45, 2.75) is 46.0 Å². The van der Waals surface area contributed by atoms with Crippen molar-refractivity contribution in [3.63, 3.8) is 0 Å². The molecule has 42 heavy (non-hydrogen) atoms. The number of aromatic nitrogens is 3. The molecule has 0 bridgehead atoms. The zero-order valence-corrected chi connectivity index (χ0v) is 25.0. The molecule has 1 aromatic heterocycles. The molecule has 5 rings (SSSR count). The number of nitrogens with zero attached hydrogens (tertiary/aromatic N) is 5. The number of esters is 1. The second kappa shape index (κ2) is 12.3. The molecule has 1 saturated heterocycles. The summed E-state index contributed by atoms with van der Waals surface area (Å²) in [6, 6.07) is 6.74. The maximum atomic E-state index is 14.3. The average molecular weight is 598 g/mol. The van der Waals surface area contributed by atoms with E-state index >= 15 is 0 Å². The average Bonchev–Trinajstić information content (AvgIpc) is 3.48. The lowest BCUT2D eigenvalue weighted by Crippen LogP contribution is -2.44. The van der Waals surface area contributed by atoms with Crippen LogP contribution >= 0.6 is 11.6 Å². The van der Waals surface area contributed by atoms with Crippen molar-refractivity contribution in [2.75, 3.05) is 55.8 Å². The monoisotopic (exact) mass is 597 g/mol. The zero-order valence-electron chi connectivity index (χ0n) is 24.3. The second-order valence-corrected chi connectivity index (χ2v) is 12.1. The number of nitrogens with two attached hydrogens (primary N) is 1. The van der Waals surface area contributed by atoms with Gasteiger partial charge in [0.15, 0.2) is 11.5 Å². The van der Waals surface area contributed by atoms with Crippen molar-refractivity contribution in [1.82, 2.24) is 19.9 Å². The van der Waals surface area contributed by atoms with E-state index in [1.807, 2.05) is 12.1 Å². The van der Waals surface area contributed by atoms with Gasteiger partial charge in [-0.15, -0.1) is 5.10 Å². The lowest BCUT2D eigenvalue weighted by molar-refractivity contribution is 0.0223. The number of amides is 1. The Bertz CT molecular complexity index is 1480. The number of piperazine rings is 1. The highest BCUT2D eigenvalue weighted by atomic mass is 35.5. The van der Waals surface area contributed by atoms with Crippen LogP contribution in [-0.4, -0.2) is 71.6 Å². The van der Waals surface area contributed by atoms with E-state index in [0.717, 1.165) is 57.5 Å². The van der Waals surface area contributed by atoms with Gasteiger partial charge in [0.05, 0.1) is 46.1 Å². The number of hydrogen-bond donors (Lipinski definition) is 2. The molecule has 10 nitrogen and oxygen atoms in total. The van der Waals surface area contributed by atoms with E-state index in [1.165, 1.54) is 30.3 Å². The van der Waals surface area contributed by atoms with Gasteiger partial charge in [0.2, 0.25) is 0 Å². The van der Waals surface area contributed by atoms with E-state index in [2.05, 4.69) is 39.4 Å². The SMILES string of the molecule is Cc1c(F)c(N)cc(C(=O)Nc2cc(-n3cc(C(=O)OCC4(C)CCCCC4)nn3)ccc2N2CCN(C)CC2)c1Cl. The van der Waals surface area contributed by atoms with Gasteiger partial charge in [-0.25, -0.2) is 13.9 Å². The molecule has 12 heteroatoms. The van der Waals surface area contributed by atoms with Crippen LogP contribution in [0.15, 0.2) is 30.5 Å². The molecule has 1 aliphatic carbocycles. The van der Waals surface area contributed by atoms with Gasteiger partial charge >= 0.3 is 5.97 Å². The van der Waals surface area contributed by atoms with Crippen molar-refractivity contribution >= 4 is 40.5 Å². The minimum Gasteiger partial charge on any atom is -0.460 e. The predicted octanol–water partition coefficient (Wildman–Crippen LogP) is 5.08. The summed E-state index contributed by atoms with van der Waals surface area (Å²) >= 11 is 6.34.